The van der Waals surface area contributed by atoms with Gasteiger partial charge in [-0.2, -0.15) is 0 Å². The molecule has 0 rings (SSSR count). The zero-order valence-electron chi connectivity index (χ0n) is 13.9. The van der Waals surface area contributed by atoms with Crippen LogP contribution in [0.2, 0.25) is 0 Å². The highest BCUT2D eigenvalue weighted by Gasteiger charge is 2.25. The van der Waals surface area contributed by atoms with E-state index in [-0.39, 0.29) is 12.3 Å². The van der Waals surface area contributed by atoms with E-state index in [1.165, 1.54) is 0 Å². The number of rotatable bonds is 12. The Morgan fingerprint density at radius 3 is 2.05 bits per heavy atom. The van der Waals surface area contributed by atoms with Gasteiger partial charge in [0.2, 0.25) is 0 Å². The molecule has 0 N–H and O–H groups in total. The van der Waals surface area contributed by atoms with Gasteiger partial charge in [-0.25, -0.2) is 4.79 Å². The molecule has 21 heavy (non-hydrogen) atoms. The molecule has 1 unspecified atom stereocenters. The zero-order chi connectivity index (χ0) is 16.1. The van der Waals surface area contributed by atoms with Gasteiger partial charge < -0.3 is 14.2 Å². The molecule has 0 saturated carbocycles. The predicted molar refractivity (Wildman–Crippen MR) is 80.9 cm³/mol. The summed E-state index contributed by atoms with van der Waals surface area (Å²) in [6.07, 6.45) is 2.59. The van der Waals surface area contributed by atoms with Gasteiger partial charge in [0.1, 0.15) is 0 Å². The van der Waals surface area contributed by atoms with Crippen LogP contribution < -0.4 is 0 Å². The fourth-order valence-electron chi connectivity index (χ4n) is 1.47. The first kappa shape index (κ1) is 19.9. The summed E-state index contributed by atoms with van der Waals surface area (Å²) in [4.78, 5) is 23.6. The van der Waals surface area contributed by atoms with Crippen molar-refractivity contribution in [2.24, 2.45) is 5.92 Å². The van der Waals surface area contributed by atoms with Gasteiger partial charge in [0.05, 0.1) is 26.2 Å². The molecule has 0 aromatic rings. The van der Waals surface area contributed by atoms with E-state index in [0.29, 0.717) is 19.8 Å². The van der Waals surface area contributed by atoms with Crippen LogP contribution in [-0.2, 0) is 23.8 Å². The Balaban J connectivity index is 4.29. The Morgan fingerprint density at radius 1 is 0.952 bits per heavy atom. The average molecular weight is 302 g/mol. The lowest BCUT2D eigenvalue weighted by atomic mass is 10.2. The third-order valence-corrected chi connectivity index (χ3v) is 2.75. The van der Waals surface area contributed by atoms with Gasteiger partial charge in [0.25, 0.3) is 0 Å². The highest BCUT2D eigenvalue weighted by atomic mass is 16.6. The minimum atomic E-state index is -0.863. The zero-order valence-corrected chi connectivity index (χ0v) is 13.9. The number of unbranched alkanes of at least 4 members (excludes halogenated alkanes) is 2. The predicted octanol–water partition coefficient (Wildman–Crippen LogP) is 3.10. The molecule has 5 heteroatoms. The molecule has 0 radical (unpaired) electrons. The second-order valence-electron chi connectivity index (χ2n) is 5.52. The van der Waals surface area contributed by atoms with E-state index in [1.807, 2.05) is 27.7 Å². The molecular weight excluding hydrogens is 272 g/mol. The SMILES string of the molecule is CCCCOC(=O)CC(OCC(C)C)C(=O)OCCCC. The Morgan fingerprint density at radius 2 is 1.52 bits per heavy atom. The topological polar surface area (TPSA) is 61.8 Å². The first-order valence-electron chi connectivity index (χ1n) is 7.95. The first-order valence-corrected chi connectivity index (χ1v) is 7.95. The number of esters is 2. The molecule has 0 spiro atoms. The van der Waals surface area contributed by atoms with Crippen molar-refractivity contribution in [3.63, 3.8) is 0 Å². The first-order chi connectivity index (χ1) is 10.0. The van der Waals surface area contributed by atoms with Gasteiger partial charge in [-0.3, -0.25) is 4.79 Å². The molecule has 0 amide bonds. The summed E-state index contributed by atoms with van der Waals surface area (Å²) in [5.74, 6) is -0.603. The van der Waals surface area contributed by atoms with Crippen molar-refractivity contribution in [3.05, 3.63) is 0 Å². The van der Waals surface area contributed by atoms with Crippen molar-refractivity contribution in [1.82, 2.24) is 0 Å². The number of hydrogen-bond acceptors (Lipinski definition) is 5. The minimum absolute atomic E-state index is 0.0820. The van der Waals surface area contributed by atoms with Crippen molar-refractivity contribution < 1.29 is 23.8 Å². The third kappa shape index (κ3) is 11.3. The van der Waals surface area contributed by atoms with Crippen LogP contribution in [-0.4, -0.2) is 37.9 Å². The molecule has 0 saturated heterocycles. The average Bonchev–Trinajstić information content (AvgIpc) is 2.43. The lowest BCUT2D eigenvalue weighted by molar-refractivity contribution is -0.164. The van der Waals surface area contributed by atoms with Crippen molar-refractivity contribution in [3.8, 4) is 0 Å². The lowest BCUT2D eigenvalue weighted by Crippen LogP contribution is -2.31. The fraction of sp³-hybridized carbons (Fsp3) is 0.875. The molecule has 0 aliphatic carbocycles. The van der Waals surface area contributed by atoms with Crippen LogP contribution in [0, 0.1) is 5.92 Å². The standard InChI is InChI=1S/C16H30O5/c1-5-7-9-19-15(17)11-14(21-12-13(3)4)16(18)20-10-8-6-2/h13-14H,5-12H2,1-4H3. The maximum atomic E-state index is 11.9. The van der Waals surface area contributed by atoms with Crippen LogP contribution in [0.3, 0.4) is 0 Å². The highest BCUT2D eigenvalue weighted by Crippen LogP contribution is 2.08. The lowest BCUT2D eigenvalue weighted by Gasteiger charge is -2.17. The van der Waals surface area contributed by atoms with Crippen LogP contribution >= 0.6 is 0 Å². The Bertz CT molecular complexity index is 288. The van der Waals surface area contributed by atoms with Crippen LogP contribution in [0.1, 0.15) is 59.8 Å². The molecule has 0 fully saturated rings. The van der Waals surface area contributed by atoms with E-state index < -0.39 is 18.0 Å². The summed E-state index contributed by atoms with van der Waals surface area (Å²) < 4.78 is 15.7. The normalized spacial score (nSPS) is 12.2. The number of carbonyl (C=O) groups excluding carboxylic acids is 2. The van der Waals surface area contributed by atoms with E-state index in [9.17, 15) is 9.59 Å². The van der Waals surface area contributed by atoms with E-state index in [1.54, 1.807) is 0 Å². The number of ether oxygens (including phenoxy) is 3. The minimum Gasteiger partial charge on any atom is -0.466 e. The molecule has 0 heterocycles. The Hall–Kier alpha value is -1.10. The van der Waals surface area contributed by atoms with Crippen LogP contribution in [0.4, 0.5) is 0 Å². The second kappa shape index (κ2) is 12.6. The number of hydrogen-bond donors (Lipinski definition) is 0. The molecule has 0 bridgehead atoms. The van der Waals surface area contributed by atoms with Crippen LogP contribution in [0.25, 0.3) is 0 Å². The quantitative estimate of drug-likeness (QED) is 0.409. The molecule has 5 nitrogen and oxygen atoms in total. The smallest absolute Gasteiger partial charge is 0.335 e. The monoisotopic (exact) mass is 302 g/mol. The molecule has 0 aromatic heterocycles. The van der Waals surface area contributed by atoms with Gasteiger partial charge in [-0.1, -0.05) is 40.5 Å². The molecule has 124 valence electrons. The molecule has 0 aromatic carbocycles. The van der Waals surface area contributed by atoms with Gasteiger partial charge in [0, 0.05) is 0 Å². The van der Waals surface area contributed by atoms with E-state index >= 15 is 0 Å². The third-order valence-electron chi connectivity index (χ3n) is 2.75. The van der Waals surface area contributed by atoms with Gasteiger partial charge in [0.15, 0.2) is 6.10 Å². The Kier molecular flexibility index (Phi) is 12.0. The summed E-state index contributed by atoms with van der Waals surface area (Å²) in [5, 5.41) is 0. The fourth-order valence-corrected chi connectivity index (χ4v) is 1.47. The molecule has 0 aliphatic heterocycles. The van der Waals surface area contributed by atoms with Gasteiger partial charge in [-0.15, -0.1) is 0 Å². The second-order valence-corrected chi connectivity index (χ2v) is 5.52. The van der Waals surface area contributed by atoms with Crippen molar-refractivity contribution >= 4 is 11.9 Å². The van der Waals surface area contributed by atoms with Gasteiger partial charge >= 0.3 is 11.9 Å². The van der Waals surface area contributed by atoms with Crippen molar-refractivity contribution in [2.45, 2.75) is 65.9 Å². The summed E-state index contributed by atoms with van der Waals surface area (Å²) in [7, 11) is 0. The van der Waals surface area contributed by atoms with E-state index in [0.717, 1.165) is 25.7 Å². The maximum Gasteiger partial charge on any atom is 0.335 e. The Labute approximate surface area is 128 Å². The number of carbonyl (C=O) groups is 2. The van der Waals surface area contributed by atoms with Crippen LogP contribution in [0.5, 0.6) is 0 Å². The molecular formula is C16H30O5. The van der Waals surface area contributed by atoms with E-state index in [4.69, 9.17) is 14.2 Å². The largest absolute Gasteiger partial charge is 0.466 e. The summed E-state index contributed by atoms with van der Waals surface area (Å²) in [5.41, 5.74) is 0. The van der Waals surface area contributed by atoms with Crippen molar-refractivity contribution in [2.75, 3.05) is 19.8 Å². The molecule has 1 atom stereocenters. The van der Waals surface area contributed by atoms with Crippen LogP contribution in [0.15, 0.2) is 0 Å². The summed E-state index contributed by atoms with van der Waals surface area (Å²) >= 11 is 0. The summed E-state index contributed by atoms with van der Waals surface area (Å²) in [6, 6.07) is 0. The highest BCUT2D eigenvalue weighted by molar-refractivity contribution is 5.81. The maximum absolute atomic E-state index is 11.9. The molecule has 0 aliphatic rings. The van der Waals surface area contributed by atoms with E-state index in [2.05, 4.69) is 0 Å². The van der Waals surface area contributed by atoms with Gasteiger partial charge in [-0.05, 0) is 18.8 Å². The summed E-state index contributed by atoms with van der Waals surface area (Å²) in [6.45, 7) is 9.17. The van der Waals surface area contributed by atoms with Crippen molar-refractivity contribution in [1.29, 1.82) is 0 Å².